The summed E-state index contributed by atoms with van der Waals surface area (Å²) in [6.07, 6.45) is 6.42. The van der Waals surface area contributed by atoms with E-state index in [2.05, 4.69) is 5.32 Å². The molecule has 140 valence electrons. The fraction of sp³-hybridized carbons (Fsp3) is 0.550. The van der Waals surface area contributed by atoms with E-state index in [0.717, 1.165) is 32.1 Å². The van der Waals surface area contributed by atoms with Gasteiger partial charge in [-0.05, 0) is 38.3 Å². The SMILES string of the molecule is CCCNC(=O)[C@@H](C)Sc1nc2ccccc2c(=O)n1C1CCCCC1. The number of nitrogens with one attached hydrogen (secondary N) is 1. The Morgan fingerprint density at radius 1 is 1.31 bits per heavy atom. The van der Waals surface area contributed by atoms with E-state index in [9.17, 15) is 9.59 Å². The summed E-state index contributed by atoms with van der Waals surface area (Å²) < 4.78 is 1.86. The molecule has 1 atom stereocenters. The molecule has 1 aliphatic carbocycles. The van der Waals surface area contributed by atoms with Crippen molar-refractivity contribution in [2.24, 2.45) is 0 Å². The second-order valence-corrected chi connectivity index (χ2v) is 8.24. The number of aromatic nitrogens is 2. The van der Waals surface area contributed by atoms with Crippen LogP contribution in [-0.4, -0.2) is 27.3 Å². The molecule has 1 aromatic heterocycles. The standard InChI is InChI=1S/C20H27N3O2S/c1-3-13-21-18(24)14(2)26-20-22-17-12-8-7-11-16(17)19(25)23(20)15-9-5-4-6-10-15/h7-8,11-12,14-15H,3-6,9-10,13H2,1-2H3,(H,21,24)/t14-/m1/s1. The van der Waals surface area contributed by atoms with E-state index in [1.807, 2.05) is 42.7 Å². The number of rotatable bonds is 6. The zero-order valence-corrected chi connectivity index (χ0v) is 16.3. The topological polar surface area (TPSA) is 64.0 Å². The summed E-state index contributed by atoms with van der Waals surface area (Å²) in [5.41, 5.74) is 0.722. The second kappa shape index (κ2) is 8.71. The molecule has 1 aromatic carbocycles. The highest BCUT2D eigenvalue weighted by Gasteiger charge is 2.24. The Kier molecular flexibility index (Phi) is 6.35. The van der Waals surface area contributed by atoms with Crippen molar-refractivity contribution in [3.63, 3.8) is 0 Å². The third-order valence-corrected chi connectivity index (χ3v) is 5.98. The van der Waals surface area contributed by atoms with Crippen LogP contribution in [0.4, 0.5) is 0 Å². The van der Waals surface area contributed by atoms with Gasteiger partial charge < -0.3 is 5.32 Å². The van der Waals surface area contributed by atoms with Crippen molar-refractivity contribution in [3.8, 4) is 0 Å². The molecule has 0 bridgehead atoms. The van der Waals surface area contributed by atoms with Crippen molar-refractivity contribution in [2.75, 3.05) is 6.54 Å². The smallest absolute Gasteiger partial charge is 0.262 e. The van der Waals surface area contributed by atoms with Crippen LogP contribution in [-0.2, 0) is 4.79 Å². The number of carbonyl (C=O) groups excluding carboxylic acids is 1. The highest BCUT2D eigenvalue weighted by molar-refractivity contribution is 8.00. The first-order valence-corrected chi connectivity index (χ1v) is 10.5. The third-order valence-electron chi connectivity index (χ3n) is 4.92. The minimum atomic E-state index is -0.288. The Balaban J connectivity index is 1.99. The van der Waals surface area contributed by atoms with Crippen molar-refractivity contribution >= 4 is 28.6 Å². The number of hydrogen-bond acceptors (Lipinski definition) is 4. The van der Waals surface area contributed by atoms with Crippen LogP contribution in [0.25, 0.3) is 10.9 Å². The van der Waals surface area contributed by atoms with Gasteiger partial charge in [0.05, 0.1) is 16.2 Å². The number of para-hydroxylation sites is 1. The number of hydrogen-bond donors (Lipinski definition) is 1. The van der Waals surface area contributed by atoms with Crippen molar-refractivity contribution in [1.82, 2.24) is 14.9 Å². The molecule has 2 aromatic rings. The molecule has 3 rings (SSSR count). The third kappa shape index (κ3) is 4.11. The molecule has 1 N–H and O–H groups in total. The molecule has 0 spiro atoms. The molecule has 0 saturated heterocycles. The van der Waals surface area contributed by atoms with Gasteiger partial charge >= 0.3 is 0 Å². The Bertz CT molecular complexity index is 827. The summed E-state index contributed by atoms with van der Waals surface area (Å²) in [6, 6.07) is 7.67. The van der Waals surface area contributed by atoms with E-state index in [1.54, 1.807) is 0 Å². The largest absolute Gasteiger partial charge is 0.355 e. The minimum Gasteiger partial charge on any atom is -0.355 e. The van der Waals surface area contributed by atoms with Crippen LogP contribution < -0.4 is 10.9 Å². The zero-order valence-electron chi connectivity index (χ0n) is 15.5. The van der Waals surface area contributed by atoms with Gasteiger partial charge in [0.1, 0.15) is 0 Å². The first-order valence-electron chi connectivity index (χ1n) is 9.57. The van der Waals surface area contributed by atoms with Gasteiger partial charge in [-0.1, -0.05) is 50.1 Å². The number of thioether (sulfide) groups is 1. The Labute approximate surface area is 158 Å². The fourth-order valence-corrected chi connectivity index (χ4v) is 4.48. The summed E-state index contributed by atoms with van der Waals surface area (Å²) >= 11 is 1.39. The van der Waals surface area contributed by atoms with Crippen molar-refractivity contribution < 1.29 is 4.79 Å². The van der Waals surface area contributed by atoms with Crippen LogP contribution in [0.15, 0.2) is 34.2 Å². The van der Waals surface area contributed by atoms with Crippen LogP contribution in [0, 0.1) is 0 Å². The van der Waals surface area contributed by atoms with E-state index < -0.39 is 0 Å². The quantitative estimate of drug-likeness (QED) is 0.616. The molecule has 5 nitrogen and oxygen atoms in total. The Morgan fingerprint density at radius 3 is 2.77 bits per heavy atom. The number of fused-ring (bicyclic) bond motifs is 1. The van der Waals surface area contributed by atoms with Gasteiger partial charge in [0, 0.05) is 12.6 Å². The molecule has 0 unspecified atom stereocenters. The highest BCUT2D eigenvalue weighted by Crippen LogP contribution is 2.32. The molecular formula is C20H27N3O2S. The molecule has 0 radical (unpaired) electrons. The van der Waals surface area contributed by atoms with E-state index in [-0.39, 0.29) is 22.8 Å². The molecular weight excluding hydrogens is 346 g/mol. The van der Waals surface area contributed by atoms with Crippen LogP contribution in [0.5, 0.6) is 0 Å². The van der Waals surface area contributed by atoms with Crippen molar-refractivity contribution in [2.45, 2.75) is 68.8 Å². The average molecular weight is 374 g/mol. The summed E-state index contributed by atoms with van der Waals surface area (Å²) in [5.74, 6) is -0.00514. The maximum Gasteiger partial charge on any atom is 0.262 e. The lowest BCUT2D eigenvalue weighted by molar-refractivity contribution is -0.120. The normalized spacial score (nSPS) is 16.5. The first kappa shape index (κ1) is 19.0. The lowest BCUT2D eigenvalue weighted by Gasteiger charge is -2.26. The van der Waals surface area contributed by atoms with E-state index >= 15 is 0 Å². The summed E-state index contributed by atoms with van der Waals surface area (Å²) in [5, 5.41) is 3.96. The highest BCUT2D eigenvalue weighted by atomic mass is 32.2. The van der Waals surface area contributed by atoms with Gasteiger partial charge in [0.2, 0.25) is 5.91 Å². The van der Waals surface area contributed by atoms with Crippen LogP contribution in [0.2, 0.25) is 0 Å². The Hall–Kier alpha value is -1.82. The lowest BCUT2D eigenvalue weighted by atomic mass is 9.95. The maximum atomic E-state index is 13.2. The minimum absolute atomic E-state index is 0.00514. The number of benzene rings is 1. The monoisotopic (exact) mass is 373 g/mol. The first-order chi connectivity index (χ1) is 12.6. The van der Waals surface area contributed by atoms with Gasteiger partial charge in [-0.3, -0.25) is 14.2 Å². The number of nitrogens with zero attached hydrogens (tertiary/aromatic N) is 2. The van der Waals surface area contributed by atoms with Gasteiger partial charge in [-0.15, -0.1) is 0 Å². The summed E-state index contributed by atoms with van der Waals surface area (Å²) in [4.78, 5) is 30.2. The van der Waals surface area contributed by atoms with Crippen LogP contribution >= 0.6 is 11.8 Å². The summed E-state index contributed by atoms with van der Waals surface area (Å²) in [6.45, 7) is 4.58. The molecule has 1 saturated carbocycles. The molecule has 1 amide bonds. The average Bonchev–Trinajstić information content (AvgIpc) is 2.67. The zero-order chi connectivity index (χ0) is 18.5. The van der Waals surface area contributed by atoms with E-state index in [0.29, 0.717) is 22.6 Å². The van der Waals surface area contributed by atoms with Crippen LogP contribution in [0.1, 0.15) is 58.4 Å². The molecule has 0 aliphatic heterocycles. The van der Waals surface area contributed by atoms with Gasteiger partial charge in [0.25, 0.3) is 5.56 Å². The molecule has 6 heteroatoms. The van der Waals surface area contributed by atoms with Crippen molar-refractivity contribution in [3.05, 3.63) is 34.6 Å². The Morgan fingerprint density at radius 2 is 2.04 bits per heavy atom. The lowest BCUT2D eigenvalue weighted by Crippen LogP contribution is -2.33. The molecule has 1 heterocycles. The van der Waals surface area contributed by atoms with E-state index in [1.165, 1.54) is 18.2 Å². The predicted octanol–water partition coefficient (Wildman–Crippen LogP) is 3.91. The van der Waals surface area contributed by atoms with Gasteiger partial charge in [-0.25, -0.2) is 4.98 Å². The van der Waals surface area contributed by atoms with Crippen molar-refractivity contribution in [1.29, 1.82) is 0 Å². The summed E-state index contributed by atoms with van der Waals surface area (Å²) in [7, 11) is 0. The van der Waals surface area contributed by atoms with Crippen LogP contribution in [0.3, 0.4) is 0 Å². The van der Waals surface area contributed by atoms with E-state index in [4.69, 9.17) is 4.98 Å². The second-order valence-electron chi connectivity index (χ2n) is 6.93. The number of carbonyl (C=O) groups is 1. The van der Waals surface area contributed by atoms with Gasteiger partial charge in [-0.2, -0.15) is 0 Å². The predicted molar refractivity (Wildman–Crippen MR) is 107 cm³/mol. The molecule has 1 fully saturated rings. The number of amides is 1. The fourth-order valence-electron chi connectivity index (χ4n) is 3.47. The maximum absolute atomic E-state index is 13.2. The van der Waals surface area contributed by atoms with Gasteiger partial charge in [0.15, 0.2) is 5.16 Å². The molecule has 26 heavy (non-hydrogen) atoms. The molecule has 1 aliphatic rings.